The number of nitro groups is 1. The maximum atomic E-state index is 12.9. The van der Waals surface area contributed by atoms with E-state index in [9.17, 15) is 26.9 Å². The monoisotopic (exact) mass is 439 g/mol. The molecule has 0 aromatic heterocycles. The number of piperazine rings is 1. The van der Waals surface area contributed by atoms with Crippen LogP contribution < -0.4 is 0 Å². The van der Waals surface area contributed by atoms with Crippen molar-refractivity contribution in [3.63, 3.8) is 0 Å². The van der Waals surface area contributed by atoms with Crippen LogP contribution in [0.5, 0.6) is 0 Å². The van der Waals surface area contributed by atoms with Gasteiger partial charge in [0.2, 0.25) is 20.0 Å². The molecule has 3 rings (SSSR count). The molecule has 0 bridgehead atoms. The highest BCUT2D eigenvalue weighted by Gasteiger charge is 2.34. The van der Waals surface area contributed by atoms with E-state index >= 15 is 0 Å². The van der Waals surface area contributed by atoms with Gasteiger partial charge in [0.25, 0.3) is 5.69 Å². The molecule has 1 heterocycles. The van der Waals surface area contributed by atoms with Crippen molar-refractivity contribution in [1.82, 2.24) is 8.61 Å². The van der Waals surface area contributed by atoms with E-state index in [0.717, 1.165) is 21.5 Å². The molecule has 1 saturated heterocycles. The van der Waals surface area contributed by atoms with Crippen molar-refractivity contribution in [2.45, 2.75) is 23.6 Å². The van der Waals surface area contributed by atoms with E-state index in [1.165, 1.54) is 22.5 Å². The van der Waals surface area contributed by atoms with Gasteiger partial charge in [-0.05, 0) is 43.2 Å². The van der Waals surface area contributed by atoms with Gasteiger partial charge in [-0.25, -0.2) is 16.8 Å². The summed E-state index contributed by atoms with van der Waals surface area (Å²) in [6.07, 6.45) is 0. The average molecular weight is 440 g/mol. The first-order valence-electron chi connectivity index (χ1n) is 8.85. The second-order valence-corrected chi connectivity index (χ2v) is 10.7. The van der Waals surface area contributed by atoms with Gasteiger partial charge in [-0.1, -0.05) is 12.1 Å². The van der Waals surface area contributed by atoms with Crippen molar-refractivity contribution >= 4 is 25.7 Å². The van der Waals surface area contributed by atoms with Crippen LogP contribution in [0.3, 0.4) is 0 Å². The largest absolute Gasteiger partial charge is 0.270 e. The van der Waals surface area contributed by atoms with Crippen LogP contribution in [0, 0.1) is 24.0 Å². The van der Waals surface area contributed by atoms with Crippen LogP contribution in [0.15, 0.2) is 52.3 Å². The Morgan fingerprint density at radius 3 is 1.79 bits per heavy atom. The summed E-state index contributed by atoms with van der Waals surface area (Å²) < 4.78 is 53.8. The standard InChI is InChI=1S/C18H21N3O6S2/c1-14-6-7-18(12-15(14)2)29(26,27)20-10-8-19(9-11-20)28(24,25)17-5-3-4-16(13-17)21(22)23/h3-7,12-13H,8-11H2,1-2H3. The van der Waals surface area contributed by atoms with E-state index in [4.69, 9.17) is 0 Å². The van der Waals surface area contributed by atoms with Gasteiger partial charge in [-0.3, -0.25) is 10.1 Å². The first-order valence-corrected chi connectivity index (χ1v) is 11.7. The van der Waals surface area contributed by atoms with E-state index < -0.39 is 25.0 Å². The summed E-state index contributed by atoms with van der Waals surface area (Å²) in [5, 5.41) is 10.9. The molecule has 0 saturated carbocycles. The van der Waals surface area contributed by atoms with Crippen LogP contribution in [0.2, 0.25) is 0 Å². The third-order valence-corrected chi connectivity index (χ3v) is 8.77. The molecule has 0 N–H and O–H groups in total. The van der Waals surface area contributed by atoms with Crippen LogP contribution in [0.1, 0.15) is 11.1 Å². The van der Waals surface area contributed by atoms with Crippen molar-refractivity contribution in [2.24, 2.45) is 0 Å². The molecule has 1 fully saturated rings. The highest BCUT2D eigenvalue weighted by molar-refractivity contribution is 7.89. The summed E-state index contributed by atoms with van der Waals surface area (Å²) in [6.45, 7) is 3.66. The molecule has 0 radical (unpaired) electrons. The van der Waals surface area contributed by atoms with Gasteiger partial charge in [0.05, 0.1) is 14.7 Å². The van der Waals surface area contributed by atoms with Gasteiger partial charge in [0.15, 0.2) is 0 Å². The summed E-state index contributed by atoms with van der Waals surface area (Å²) in [5.74, 6) is 0. The molecule has 1 aliphatic heterocycles. The number of non-ortho nitro benzene ring substituents is 1. The summed E-state index contributed by atoms with van der Waals surface area (Å²) in [7, 11) is -7.69. The van der Waals surface area contributed by atoms with Crippen molar-refractivity contribution in [3.05, 3.63) is 63.7 Å². The SMILES string of the molecule is Cc1ccc(S(=O)(=O)N2CCN(S(=O)(=O)c3cccc([N+](=O)[O-])c3)CC2)cc1C. The summed E-state index contributed by atoms with van der Waals surface area (Å²) in [5.41, 5.74) is 1.52. The van der Waals surface area contributed by atoms with Gasteiger partial charge in [-0.2, -0.15) is 8.61 Å². The lowest BCUT2D eigenvalue weighted by Gasteiger charge is -2.33. The minimum atomic E-state index is -3.96. The summed E-state index contributed by atoms with van der Waals surface area (Å²) in [4.78, 5) is 10.2. The predicted octanol–water partition coefficient (Wildman–Crippen LogP) is 1.91. The lowest BCUT2D eigenvalue weighted by atomic mass is 10.1. The van der Waals surface area contributed by atoms with Crippen LogP contribution in [-0.4, -0.2) is 56.5 Å². The van der Waals surface area contributed by atoms with E-state index in [2.05, 4.69) is 0 Å². The fourth-order valence-electron chi connectivity index (χ4n) is 3.08. The minimum Gasteiger partial charge on any atom is -0.258 e. The topological polar surface area (TPSA) is 118 Å². The zero-order valence-electron chi connectivity index (χ0n) is 16.0. The van der Waals surface area contributed by atoms with Gasteiger partial charge >= 0.3 is 0 Å². The fraction of sp³-hybridized carbons (Fsp3) is 0.333. The highest BCUT2D eigenvalue weighted by atomic mass is 32.2. The Morgan fingerprint density at radius 1 is 0.793 bits per heavy atom. The van der Waals surface area contributed by atoms with Crippen molar-refractivity contribution in [1.29, 1.82) is 0 Å². The van der Waals surface area contributed by atoms with E-state index in [1.807, 2.05) is 13.8 Å². The number of aryl methyl sites for hydroxylation is 2. The number of nitro benzene ring substituents is 1. The van der Waals surface area contributed by atoms with Crippen molar-refractivity contribution < 1.29 is 21.8 Å². The number of hydrogen-bond acceptors (Lipinski definition) is 6. The van der Waals surface area contributed by atoms with E-state index in [-0.39, 0.29) is 41.7 Å². The first kappa shape index (κ1) is 21.4. The smallest absolute Gasteiger partial charge is 0.258 e. The fourth-order valence-corrected chi connectivity index (χ4v) is 6.05. The zero-order chi connectivity index (χ0) is 21.4. The predicted molar refractivity (Wildman–Crippen MR) is 107 cm³/mol. The molecule has 9 nitrogen and oxygen atoms in total. The average Bonchev–Trinajstić information content (AvgIpc) is 2.70. The van der Waals surface area contributed by atoms with Crippen LogP contribution >= 0.6 is 0 Å². The van der Waals surface area contributed by atoms with Crippen LogP contribution in [0.25, 0.3) is 0 Å². The number of benzene rings is 2. The maximum absolute atomic E-state index is 12.9. The third kappa shape index (κ3) is 4.17. The number of rotatable bonds is 5. The molecule has 11 heteroatoms. The lowest BCUT2D eigenvalue weighted by molar-refractivity contribution is -0.385. The Morgan fingerprint density at radius 2 is 1.31 bits per heavy atom. The quantitative estimate of drug-likeness (QED) is 0.519. The molecule has 156 valence electrons. The molecule has 0 aliphatic carbocycles. The lowest BCUT2D eigenvalue weighted by Crippen LogP contribution is -2.50. The number of hydrogen-bond donors (Lipinski definition) is 0. The van der Waals surface area contributed by atoms with Crippen molar-refractivity contribution in [2.75, 3.05) is 26.2 Å². The Labute approximate surface area is 169 Å². The maximum Gasteiger partial charge on any atom is 0.270 e. The molecule has 1 aliphatic rings. The van der Waals surface area contributed by atoms with Gasteiger partial charge in [0, 0.05) is 38.3 Å². The second-order valence-electron chi connectivity index (χ2n) is 6.81. The molecule has 29 heavy (non-hydrogen) atoms. The zero-order valence-corrected chi connectivity index (χ0v) is 17.6. The normalized spacial score (nSPS) is 16.6. The van der Waals surface area contributed by atoms with E-state index in [0.29, 0.717) is 0 Å². The minimum absolute atomic E-state index is 0.00339. The van der Waals surface area contributed by atoms with Gasteiger partial charge in [0.1, 0.15) is 0 Å². The molecule has 2 aromatic carbocycles. The molecule has 0 amide bonds. The molecule has 0 unspecified atom stereocenters. The molecular weight excluding hydrogens is 418 g/mol. The first-order chi connectivity index (χ1) is 13.5. The second kappa shape index (κ2) is 7.82. The van der Waals surface area contributed by atoms with Crippen LogP contribution in [0.4, 0.5) is 5.69 Å². The molecule has 0 atom stereocenters. The molecular formula is C18H21N3O6S2. The Kier molecular flexibility index (Phi) is 5.77. The van der Waals surface area contributed by atoms with Gasteiger partial charge in [-0.15, -0.1) is 0 Å². The Hall–Kier alpha value is -2.34. The molecule has 2 aromatic rings. The number of nitrogens with zero attached hydrogens (tertiary/aromatic N) is 3. The Balaban J connectivity index is 1.78. The van der Waals surface area contributed by atoms with Crippen molar-refractivity contribution in [3.8, 4) is 0 Å². The van der Waals surface area contributed by atoms with E-state index in [1.54, 1.807) is 18.2 Å². The Bertz CT molecular complexity index is 1150. The summed E-state index contributed by atoms with van der Waals surface area (Å²) >= 11 is 0. The molecule has 0 spiro atoms. The summed E-state index contributed by atoms with van der Waals surface area (Å²) in [6, 6.07) is 9.72. The number of sulfonamides is 2. The van der Waals surface area contributed by atoms with Crippen LogP contribution in [-0.2, 0) is 20.0 Å². The van der Waals surface area contributed by atoms with Gasteiger partial charge < -0.3 is 0 Å². The third-order valence-electron chi connectivity index (χ3n) is 4.98. The highest BCUT2D eigenvalue weighted by Crippen LogP contribution is 2.24.